The van der Waals surface area contributed by atoms with E-state index in [0.717, 1.165) is 24.0 Å². The third kappa shape index (κ3) is 2.08. The first-order chi connectivity index (χ1) is 7.39. The Morgan fingerprint density at radius 3 is 2.38 bits per heavy atom. The molecule has 0 unspecified atom stereocenters. The maximum atomic E-state index is 11.0. The van der Waals surface area contributed by atoms with Gasteiger partial charge in [0.05, 0.1) is 4.92 Å². The molecule has 0 amide bonds. The maximum Gasteiger partial charge on any atom is 0.273 e. The van der Waals surface area contributed by atoms with Crippen molar-refractivity contribution in [3.8, 4) is 0 Å². The van der Waals surface area contributed by atoms with Crippen LogP contribution in [0.5, 0.6) is 0 Å². The van der Waals surface area contributed by atoms with Gasteiger partial charge in [0, 0.05) is 11.6 Å². The van der Waals surface area contributed by atoms with Gasteiger partial charge in [-0.05, 0) is 29.7 Å². The molecule has 0 N–H and O–H groups in total. The van der Waals surface area contributed by atoms with Crippen LogP contribution in [0.15, 0.2) is 18.2 Å². The van der Waals surface area contributed by atoms with E-state index in [1.54, 1.807) is 6.07 Å². The normalized spacial score (nSPS) is 16.2. The lowest BCUT2D eigenvalue weighted by Gasteiger charge is -2.19. The smallest absolute Gasteiger partial charge is 0.258 e. The summed E-state index contributed by atoms with van der Waals surface area (Å²) in [7, 11) is 0. The summed E-state index contributed by atoms with van der Waals surface area (Å²) in [4.78, 5) is 10.8. The average Bonchev–Trinajstić information content (AvgIpc) is 2.98. The number of hydrogen-bond acceptors (Lipinski definition) is 2. The van der Waals surface area contributed by atoms with Crippen molar-refractivity contribution in [2.24, 2.45) is 0 Å². The van der Waals surface area contributed by atoms with Crippen molar-refractivity contribution < 1.29 is 4.92 Å². The zero-order chi connectivity index (χ0) is 11.9. The summed E-state index contributed by atoms with van der Waals surface area (Å²) in [6, 6.07) is 5.71. The molecule has 0 heterocycles. The average molecular weight is 219 g/mol. The molecule has 0 spiro atoms. The first kappa shape index (κ1) is 11.1. The third-order valence-electron chi connectivity index (χ3n) is 3.11. The fraction of sp³-hybridized carbons (Fsp3) is 0.538. The highest BCUT2D eigenvalue weighted by atomic mass is 16.6. The van der Waals surface area contributed by atoms with Gasteiger partial charge in [-0.15, -0.1) is 0 Å². The molecule has 86 valence electrons. The summed E-state index contributed by atoms with van der Waals surface area (Å²) in [6.07, 6.45) is 2.19. The minimum absolute atomic E-state index is 0.0349. The third-order valence-corrected chi connectivity index (χ3v) is 3.11. The molecule has 1 aliphatic carbocycles. The van der Waals surface area contributed by atoms with Gasteiger partial charge >= 0.3 is 0 Å². The van der Waals surface area contributed by atoms with Crippen molar-refractivity contribution in [3.63, 3.8) is 0 Å². The zero-order valence-electron chi connectivity index (χ0n) is 9.99. The fourth-order valence-electron chi connectivity index (χ4n) is 1.91. The second-order valence-electron chi connectivity index (χ2n) is 5.55. The van der Waals surface area contributed by atoms with Crippen LogP contribution in [0.3, 0.4) is 0 Å². The summed E-state index contributed by atoms with van der Waals surface area (Å²) in [5.41, 5.74) is 2.21. The Morgan fingerprint density at radius 1 is 1.31 bits per heavy atom. The predicted octanol–water partition coefficient (Wildman–Crippen LogP) is 3.77. The van der Waals surface area contributed by atoms with Gasteiger partial charge in [-0.25, -0.2) is 0 Å². The predicted molar refractivity (Wildman–Crippen MR) is 63.8 cm³/mol. The van der Waals surface area contributed by atoms with Crippen molar-refractivity contribution in [2.45, 2.75) is 44.9 Å². The molecular weight excluding hydrogens is 202 g/mol. The highest BCUT2D eigenvalue weighted by molar-refractivity contribution is 5.48. The number of rotatable bonds is 2. The summed E-state index contributed by atoms with van der Waals surface area (Å²) in [5.74, 6) is 0.425. The number of nitro benzene ring substituents is 1. The van der Waals surface area contributed by atoms with Gasteiger partial charge in [0.2, 0.25) is 0 Å². The zero-order valence-corrected chi connectivity index (χ0v) is 9.99. The largest absolute Gasteiger partial charge is 0.273 e. The Hall–Kier alpha value is -1.38. The molecule has 0 radical (unpaired) electrons. The first-order valence-electron chi connectivity index (χ1n) is 5.68. The van der Waals surface area contributed by atoms with E-state index in [0.29, 0.717) is 11.6 Å². The molecule has 1 saturated carbocycles. The molecule has 3 heteroatoms. The Labute approximate surface area is 95.6 Å². The minimum Gasteiger partial charge on any atom is -0.258 e. The van der Waals surface area contributed by atoms with Gasteiger partial charge in [-0.1, -0.05) is 32.9 Å². The molecule has 0 saturated heterocycles. The van der Waals surface area contributed by atoms with Crippen molar-refractivity contribution in [1.82, 2.24) is 0 Å². The van der Waals surface area contributed by atoms with Gasteiger partial charge in [-0.2, -0.15) is 0 Å². The Morgan fingerprint density at radius 2 is 1.94 bits per heavy atom. The molecule has 1 aliphatic rings. The second-order valence-corrected chi connectivity index (χ2v) is 5.55. The molecule has 1 aromatic rings. The van der Waals surface area contributed by atoms with E-state index < -0.39 is 0 Å². The van der Waals surface area contributed by atoms with E-state index in [-0.39, 0.29) is 10.3 Å². The van der Waals surface area contributed by atoms with Gasteiger partial charge in [0.1, 0.15) is 0 Å². The van der Waals surface area contributed by atoms with Crippen molar-refractivity contribution in [1.29, 1.82) is 0 Å². The molecule has 0 bridgehead atoms. The Balaban J connectivity index is 2.47. The van der Waals surface area contributed by atoms with Crippen LogP contribution in [0, 0.1) is 10.1 Å². The van der Waals surface area contributed by atoms with Gasteiger partial charge < -0.3 is 0 Å². The summed E-state index contributed by atoms with van der Waals surface area (Å²) in [6.45, 7) is 6.22. The van der Waals surface area contributed by atoms with Crippen LogP contribution < -0.4 is 0 Å². The first-order valence-corrected chi connectivity index (χ1v) is 5.68. The Bertz CT molecular complexity index is 428. The Kier molecular flexibility index (Phi) is 2.49. The van der Waals surface area contributed by atoms with Gasteiger partial charge in [0.15, 0.2) is 0 Å². The number of hydrogen-bond donors (Lipinski definition) is 0. The maximum absolute atomic E-state index is 11.0. The summed E-state index contributed by atoms with van der Waals surface area (Å²) < 4.78 is 0. The van der Waals surface area contributed by atoms with Crippen LogP contribution in [0.1, 0.15) is 50.7 Å². The molecule has 3 nitrogen and oxygen atoms in total. The van der Waals surface area contributed by atoms with Crippen LogP contribution in [0.2, 0.25) is 0 Å². The number of nitrogens with zero attached hydrogens (tertiary/aromatic N) is 1. The molecule has 1 aromatic carbocycles. The lowest BCUT2D eigenvalue weighted by Crippen LogP contribution is -2.11. The number of nitro groups is 1. The van der Waals surface area contributed by atoms with Crippen molar-refractivity contribution >= 4 is 5.69 Å². The van der Waals surface area contributed by atoms with Crippen molar-refractivity contribution in [2.75, 3.05) is 0 Å². The van der Waals surface area contributed by atoms with E-state index in [1.807, 2.05) is 12.1 Å². The lowest BCUT2D eigenvalue weighted by molar-refractivity contribution is -0.385. The standard InChI is InChI=1S/C13H17NO2/c1-13(2,3)10-6-7-11(9-4-5-9)12(8-10)14(15)16/h6-9H,4-5H2,1-3H3. The topological polar surface area (TPSA) is 43.1 Å². The van der Waals surface area contributed by atoms with E-state index in [9.17, 15) is 10.1 Å². The van der Waals surface area contributed by atoms with Crippen LogP contribution in [0.25, 0.3) is 0 Å². The van der Waals surface area contributed by atoms with E-state index in [4.69, 9.17) is 0 Å². The highest BCUT2D eigenvalue weighted by Gasteiger charge is 2.31. The van der Waals surface area contributed by atoms with E-state index >= 15 is 0 Å². The molecule has 1 fully saturated rings. The molecule has 0 atom stereocenters. The fourth-order valence-corrected chi connectivity index (χ4v) is 1.91. The van der Waals surface area contributed by atoms with Crippen LogP contribution in [-0.4, -0.2) is 4.92 Å². The molecular formula is C13H17NO2. The van der Waals surface area contributed by atoms with E-state index in [1.165, 1.54) is 0 Å². The SMILES string of the molecule is CC(C)(C)c1ccc(C2CC2)c([N+](=O)[O-])c1. The summed E-state index contributed by atoms with van der Waals surface area (Å²) >= 11 is 0. The monoisotopic (exact) mass is 219 g/mol. The molecule has 0 aromatic heterocycles. The van der Waals surface area contributed by atoms with Gasteiger partial charge in [0.25, 0.3) is 5.69 Å². The number of benzene rings is 1. The minimum atomic E-state index is -0.247. The summed E-state index contributed by atoms with van der Waals surface area (Å²) in [5, 5.41) is 11.0. The molecule has 16 heavy (non-hydrogen) atoms. The van der Waals surface area contributed by atoms with Crippen LogP contribution in [0.4, 0.5) is 5.69 Å². The van der Waals surface area contributed by atoms with Crippen molar-refractivity contribution in [3.05, 3.63) is 39.4 Å². The van der Waals surface area contributed by atoms with Crippen LogP contribution >= 0.6 is 0 Å². The lowest BCUT2D eigenvalue weighted by atomic mass is 9.86. The molecule has 2 rings (SSSR count). The van der Waals surface area contributed by atoms with Crippen LogP contribution in [-0.2, 0) is 5.41 Å². The van der Waals surface area contributed by atoms with Gasteiger partial charge in [-0.3, -0.25) is 10.1 Å². The highest BCUT2D eigenvalue weighted by Crippen LogP contribution is 2.45. The van der Waals surface area contributed by atoms with E-state index in [2.05, 4.69) is 20.8 Å². The second kappa shape index (κ2) is 3.58. The quantitative estimate of drug-likeness (QED) is 0.561. The molecule has 0 aliphatic heterocycles.